The first-order chi connectivity index (χ1) is 11.7. The predicted octanol–water partition coefficient (Wildman–Crippen LogP) is 3.99. The molecule has 0 heterocycles. The number of ether oxygens (including phenoxy) is 2. The summed E-state index contributed by atoms with van der Waals surface area (Å²) in [5, 5.41) is 18.9. The summed E-state index contributed by atoms with van der Waals surface area (Å²) < 4.78 is 10.2. The van der Waals surface area contributed by atoms with Crippen molar-refractivity contribution in [1.82, 2.24) is 0 Å². The minimum absolute atomic E-state index is 0.443. The highest BCUT2D eigenvalue weighted by atomic mass is 16.5. The molecular weight excluding hydrogens is 300 g/mol. The fraction of sp³-hybridized carbons (Fsp3) is 0.200. The summed E-state index contributed by atoms with van der Waals surface area (Å²) in [6.07, 6.45) is 2.23. The van der Waals surface area contributed by atoms with Crippen LogP contribution in [0.2, 0.25) is 0 Å². The molecule has 0 fully saturated rings. The Morgan fingerprint density at radius 3 is 1.96 bits per heavy atom. The number of benzene rings is 2. The minimum Gasteiger partial charge on any atom is -0.497 e. The normalized spacial score (nSPS) is 11.9. The number of hydrogen-bond acceptors (Lipinski definition) is 4. The molecule has 24 heavy (non-hydrogen) atoms. The summed E-state index contributed by atoms with van der Waals surface area (Å²) >= 11 is 0. The van der Waals surface area contributed by atoms with Crippen LogP contribution in [0.5, 0.6) is 11.5 Å². The molecule has 1 unspecified atom stereocenters. The van der Waals surface area contributed by atoms with Gasteiger partial charge in [-0.3, -0.25) is 0 Å². The van der Waals surface area contributed by atoms with Crippen molar-refractivity contribution in [2.24, 2.45) is 5.92 Å². The van der Waals surface area contributed by atoms with Gasteiger partial charge in [-0.05, 0) is 47.9 Å². The maximum absolute atomic E-state index is 9.46. The van der Waals surface area contributed by atoms with Crippen LogP contribution < -0.4 is 9.47 Å². The molecule has 2 aromatic rings. The molecule has 0 amide bonds. The molecule has 0 saturated carbocycles. The first-order valence-corrected chi connectivity index (χ1v) is 7.48. The second-order valence-corrected chi connectivity index (χ2v) is 5.22. The molecule has 0 radical (unpaired) electrons. The molecular formula is C20H18N2O2. The van der Waals surface area contributed by atoms with Crippen LogP contribution in [0.25, 0.3) is 6.08 Å². The molecule has 120 valence electrons. The maximum atomic E-state index is 9.46. The quantitative estimate of drug-likeness (QED) is 0.755. The van der Waals surface area contributed by atoms with Gasteiger partial charge in [0.25, 0.3) is 0 Å². The van der Waals surface area contributed by atoms with Gasteiger partial charge in [-0.15, -0.1) is 0 Å². The summed E-state index contributed by atoms with van der Waals surface area (Å²) in [4.78, 5) is 0. The molecule has 0 N–H and O–H groups in total. The van der Waals surface area contributed by atoms with E-state index in [-0.39, 0.29) is 0 Å². The Labute approximate surface area is 142 Å². The van der Waals surface area contributed by atoms with Crippen molar-refractivity contribution in [1.29, 1.82) is 10.5 Å². The van der Waals surface area contributed by atoms with Crippen LogP contribution in [0.3, 0.4) is 0 Å². The van der Waals surface area contributed by atoms with Crippen LogP contribution in [0.1, 0.15) is 11.1 Å². The maximum Gasteiger partial charge on any atom is 0.118 e. The van der Waals surface area contributed by atoms with E-state index in [1.807, 2.05) is 48.5 Å². The lowest BCUT2D eigenvalue weighted by Crippen LogP contribution is -2.04. The fourth-order valence-corrected chi connectivity index (χ4v) is 2.31. The molecule has 0 spiro atoms. The van der Waals surface area contributed by atoms with Gasteiger partial charge in [-0.1, -0.05) is 24.3 Å². The lowest BCUT2D eigenvalue weighted by molar-refractivity contribution is 0.414. The number of allylic oxidation sites excluding steroid dienone is 1. The SMILES string of the molecule is COc1ccc(/C=C(/C#N)C(C#N)Cc2ccc(OC)cc2)cc1. The first kappa shape index (κ1) is 17.1. The topological polar surface area (TPSA) is 66.0 Å². The molecule has 4 nitrogen and oxygen atoms in total. The van der Waals surface area contributed by atoms with E-state index in [4.69, 9.17) is 9.47 Å². The summed E-state index contributed by atoms with van der Waals surface area (Å²) in [6, 6.07) is 19.3. The van der Waals surface area contributed by atoms with E-state index in [9.17, 15) is 10.5 Å². The summed E-state index contributed by atoms with van der Waals surface area (Å²) in [5.74, 6) is 1.02. The van der Waals surface area contributed by atoms with Crippen LogP contribution in [0.15, 0.2) is 54.1 Å². The molecule has 0 bridgehead atoms. The molecule has 0 aliphatic rings. The summed E-state index contributed by atoms with van der Waals surface area (Å²) in [7, 11) is 3.21. The monoisotopic (exact) mass is 318 g/mol. The van der Waals surface area contributed by atoms with Crippen LogP contribution in [0.4, 0.5) is 0 Å². The highest BCUT2D eigenvalue weighted by Gasteiger charge is 2.14. The summed E-state index contributed by atoms with van der Waals surface area (Å²) in [6.45, 7) is 0. The highest BCUT2D eigenvalue weighted by molar-refractivity contribution is 5.59. The third kappa shape index (κ3) is 4.38. The Morgan fingerprint density at radius 2 is 1.50 bits per heavy atom. The Balaban J connectivity index is 2.20. The average molecular weight is 318 g/mol. The standard InChI is InChI=1S/C20H18N2O2/c1-23-19-7-3-15(4-8-19)11-17(13-21)18(14-22)12-16-5-9-20(24-2)10-6-16/h3-11,18H,12H2,1-2H3/b17-11-. The van der Waals surface area contributed by atoms with Crippen molar-refractivity contribution in [3.63, 3.8) is 0 Å². The van der Waals surface area contributed by atoms with E-state index in [1.165, 1.54) is 0 Å². The van der Waals surface area contributed by atoms with Crippen LogP contribution in [0, 0.1) is 28.6 Å². The molecule has 0 aromatic heterocycles. The molecule has 0 saturated heterocycles. The van der Waals surface area contributed by atoms with Gasteiger partial charge in [0.15, 0.2) is 0 Å². The van der Waals surface area contributed by atoms with Crippen LogP contribution >= 0.6 is 0 Å². The van der Waals surface area contributed by atoms with Gasteiger partial charge in [0.05, 0.1) is 32.3 Å². The summed E-state index contributed by atoms with van der Waals surface area (Å²) in [5.41, 5.74) is 2.29. The molecule has 2 aromatic carbocycles. The van der Waals surface area contributed by atoms with E-state index in [2.05, 4.69) is 12.1 Å². The Morgan fingerprint density at radius 1 is 0.958 bits per heavy atom. The second kappa shape index (κ2) is 8.41. The third-order valence-electron chi connectivity index (χ3n) is 3.70. The number of rotatable bonds is 6. The smallest absolute Gasteiger partial charge is 0.118 e. The van der Waals surface area contributed by atoms with Gasteiger partial charge in [0.1, 0.15) is 11.5 Å². The van der Waals surface area contributed by atoms with Gasteiger partial charge >= 0.3 is 0 Å². The van der Waals surface area contributed by atoms with Crippen molar-refractivity contribution in [2.45, 2.75) is 6.42 Å². The van der Waals surface area contributed by atoms with Crippen LogP contribution in [-0.4, -0.2) is 14.2 Å². The largest absolute Gasteiger partial charge is 0.497 e. The fourth-order valence-electron chi connectivity index (χ4n) is 2.31. The molecule has 0 aliphatic heterocycles. The van der Waals surface area contributed by atoms with E-state index >= 15 is 0 Å². The van der Waals surface area contributed by atoms with E-state index < -0.39 is 5.92 Å². The van der Waals surface area contributed by atoms with Crippen molar-refractivity contribution in [3.05, 3.63) is 65.2 Å². The molecule has 0 aliphatic carbocycles. The zero-order valence-corrected chi connectivity index (χ0v) is 13.7. The average Bonchev–Trinajstić information content (AvgIpc) is 2.65. The van der Waals surface area contributed by atoms with Crippen molar-refractivity contribution in [3.8, 4) is 23.6 Å². The predicted molar refractivity (Wildman–Crippen MR) is 92.4 cm³/mol. The highest BCUT2D eigenvalue weighted by Crippen LogP contribution is 2.22. The minimum atomic E-state index is -0.495. The van der Waals surface area contributed by atoms with Crippen molar-refractivity contribution >= 4 is 6.08 Å². The Hall–Kier alpha value is -3.24. The molecule has 2 rings (SSSR count). The van der Waals surface area contributed by atoms with Gasteiger partial charge in [0.2, 0.25) is 0 Å². The van der Waals surface area contributed by atoms with Crippen molar-refractivity contribution in [2.75, 3.05) is 14.2 Å². The van der Waals surface area contributed by atoms with Gasteiger partial charge in [0, 0.05) is 5.57 Å². The number of nitriles is 2. The number of hydrogen-bond donors (Lipinski definition) is 0. The van der Waals surface area contributed by atoms with Gasteiger partial charge < -0.3 is 9.47 Å². The number of methoxy groups -OCH3 is 2. The van der Waals surface area contributed by atoms with Crippen LogP contribution in [-0.2, 0) is 6.42 Å². The van der Waals surface area contributed by atoms with E-state index in [0.717, 1.165) is 22.6 Å². The Kier molecular flexibility index (Phi) is 6.00. The van der Waals surface area contributed by atoms with Crippen molar-refractivity contribution < 1.29 is 9.47 Å². The first-order valence-electron chi connectivity index (χ1n) is 7.48. The molecule has 4 heteroatoms. The lowest BCUT2D eigenvalue weighted by Gasteiger charge is -2.09. The van der Waals surface area contributed by atoms with E-state index in [1.54, 1.807) is 20.3 Å². The molecule has 1 atom stereocenters. The lowest BCUT2D eigenvalue weighted by atomic mass is 9.92. The second-order valence-electron chi connectivity index (χ2n) is 5.22. The third-order valence-corrected chi connectivity index (χ3v) is 3.70. The Bertz CT molecular complexity index is 778. The zero-order valence-electron chi connectivity index (χ0n) is 13.7. The number of nitrogens with zero attached hydrogens (tertiary/aromatic N) is 2. The zero-order chi connectivity index (χ0) is 17.4. The van der Waals surface area contributed by atoms with Gasteiger partial charge in [-0.25, -0.2) is 0 Å². The van der Waals surface area contributed by atoms with E-state index in [0.29, 0.717) is 12.0 Å². The van der Waals surface area contributed by atoms with Gasteiger partial charge in [-0.2, -0.15) is 10.5 Å².